The maximum atomic E-state index is 13.1. The van der Waals surface area contributed by atoms with Crippen molar-refractivity contribution in [3.05, 3.63) is 63.6 Å². The van der Waals surface area contributed by atoms with Crippen LogP contribution < -0.4 is 10.1 Å². The van der Waals surface area contributed by atoms with Gasteiger partial charge in [0.15, 0.2) is 6.61 Å². The summed E-state index contributed by atoms with van der Waals surface area (Å²) in [5.41, 5.74) is 1.63. The molecule has 7 heteroatoms. The van der Waals surface area contributed by atoms with Crippen molar-refractivity contribution in [3.8, 4) is 5.75 Å². The van der Waals surface area contributed by atoms with Crippen LogP contribution in [0.5, 0.6) is 5.75 Å². The number of carbonyl (C=O) groups excluding carboxylic acids is 2. The summed E-state index contributed by atoms with van der Waals surface area (Å²) in [6.45, 7) is 6.04. The van der Waals surface area contributed by atoms with Crippen molar-refractivity contribution in [2.24, 2.45) is 0 Å². The van der Waals surface area contributed by atoms with Gasteiger partial charge in [-0.2, -0.15) is 0 Å². The largest absolute Gasteiger partial charge is 0.484 e. The molecule has 0 unspecified atom stereocenters. The summed E-state index contributed by atoms with van der Waals surface area (Å²) in [6.07, 6.45) is 0.449. The smallest absolute Gasteiger partial charge is 0.261 e. The van der Waals surface area contributed by atoms with E-state index < -0.39 is 6.04 Å². The van der Waals surface area contributed by atoms with Gasteiger partial charge in [-0.05, 0) is 50.1 Å². The Hall–Kier alpha value is -2.24. The quantitative estimate of drug-likeness (QED) is 0.623. The molecule has 0 aliphatic carbocycles. The zero-order chi connectivity index (χ0) is 21.4. The van der Waals surface area contributed by atoms with Gasteiger partial charge in [-0.1, -0.05) is 48.3 Å². The van der Waals surface area contributed by atoms with E-state index in [-0.39, 0.29) is 25.0 Å². The van der Waals surface area contributed by atoms with Crippen LogP contribution in [0.4, 0.5) is 0 Å². The molecule has 0 spiro atoms. The molecule has 0 bridgehead atoms. The van der Waals surface area contributed by atoms with Crippen molar-refractivity contribution in [1.82, 2.24) is 10.2 Å². The second kappa shape index (κ2) is 11.1. The van der Waals surface area contributed by atoms with Crippen LogP contribution in [0, 0.1) is 6.92 Å². The van der Waals surface area contributed by atoms with Gasteiger partial charge in [0.25, 0.3) is 5.91 Å². The van der Waals surface area contributed by atoms with Crippen molar-refractivity contribution in [2.75, 3.05) is 13.2 Å². The highest BCUT2D eigenvalue weighted by Crippen LogP contribution is 2.27. The molecule has 5 nitrogen and oxygen atoms in total. The molecule has 29 heavy (non-hydrogen) atoms. The number of benzene rings is 2. The van der Waals surface area contributed by atoms with E-state index in [0.717, 1.165) is 5.56 Å². The summed E-state index contributed by atoms with van der Waals surface area (Å²) in [6, 6.07) is 11.9. The Bertz CT molecular complexity index is 837. The SMILES string of the molecule is CCNC(=O)[C@H](CC)N(Cc1c(Cl)cccc1Cl)C(=O)COc1cccc(C)c1. The van der Waals surface area contributed by atoms with Gasteiger partial charge in [0.2, 0.25) is 5.91 Å². The van der Waals surface area contributed by atoms with Gasteiger partial charge in [0.1, 0.15) is 11.8 Å². The molecule has 0 aromatic heterocycles. The third-order valence-electron chi connectivity index (χ3n) is 4.48. The molecule has 0 heterocycles. The van der Waals surface area contributed by atoms with Crippen molar-refractivity contribution in [3.63, 3.8) is 0 Å². The molecular formula is C22H26Cl2N2O3. The Morgan fingerprint density at radius 1 is 1.10 bits per heavy atom. The number of halogens is 2. The van der Waals surface area contributed by atoms with Crippen LogP contribution in [0.25, 0.3) is 0 Å². The highest BCUT2D eigenvalue weighted by molar-refractivity contribution is 6.36. The number of nitrogens with one attached hydrogen (secondary N) is 1. The number of hydrogen-bond donors (Lipinski definition) is 1. The summed E-state index contributed by atoms with van der Waals surface area (Å²) in [5.74, 6) is 0.0582. The van der Waals surface area contributed by atoms with Gasteiger partial charge in [-0.25, -0.2) is 0 Å². The molecule has 1 atom stereocenters. The molecule has 0 aliphatic rings. The average molecular weight is 437 g/mol. The zero-order valence-electron chi connectivity index (χ0n) is 16.9. The third-order valence-corrected chi connectivity index (χ3v) is 5.19. The Morgan fingerprint density at radius 3 is 2.34 bits per heavy atom. The van der Waals surface area contributed by atoms with Crippen LogP contribution in [0.1, 0.15) is 31.4 Å². The van der Waals surface area contributed by atoms with Gasteiger partial charge >= 0.3 is 0 Å². The number of aryl methyl sites for hydroxylation is 1. The molecule has 2 aromatic rings. The molecule has 0 saturated heterocycles. The molecule has 2 amide bonds. The fraction of sp³-hybridized carbons (Fsp3) is 0.364. The summed E-state index contributed by atoms with van der Waals surface area (Å²) in [4.78, 5) is 27.1. The van der Waals surface area contributed by atoms with E-state index in [1.54, 1.807) is 24.3 Å². The molecule has 0 radical (unpaired) electrons. The highest BCUT2D eigenvalue weighted by atomic mass is 35.5. The molecule has 156 valence electrons. The summed E-state index contributed by atoms with van der Waals surface area (Å²) in [7, 11) is 0. The molecule has 0 fully saturated rings. The Balaban J connectivity index is 2.27. The van der Waals surface area contributed by atoms with Crippen molar-refractivity contribution in [2.45, 2.75) is 39.8 Å². The predicted molar refractivity (Wildman–Crippen MR) is 116 cm³/mol. The number of nitrogens with zero attached hydrogens (tertiary/aromatic N) is 1. The average Bonchev–Trinajstić information content (AvgIpc) is 2.68. The Kier molecular flexibility index (Phi) is 8.80. The number of hydrogen-bond acceptors (Lipinski definition) is 3. The second-order valence-electron chi connectivity index (χ2n) is 6.65. The molecule has 2 aromatic carbocycles. The summed E-state index contributed by atoms with van der Waals surface area (Å²) in [5, 5.41) is 3.68. The van der Waals surface area contributed by atoms with Crippen LogP contribution in [0.15, 0.2) is 42.5 Å². The van der Waals surface area contributed by atoms with Crippen molar-refractivity contribution in [1.29, 1.82) is 0 Å². The van der Waals surface area contributed by atoms with E-state index >= 15 is 0 Å². The van der Waals surface area contributed by atoms with Crippen LogP contribution in [0.3, 0.4) is 0 Å². The fourth-order valence-corrected chi connectivity index (χ4v) is 3.52. The lowest BCUT2D eigenvalue weighted by molar-refractivity contribution is -0.142. The highest BCUT2D eigenvalue weighted by Gasteiger charge is 2.29. The maximum absolute atomic E-state index is 13.1. The minimum atomic E-state index is -0.657. The van der Waals surface area contributed by atoms with E-state index in [4.69, 9.17) is 27.9 Å². The van der Waals surface area contributed by atoms with Gasteiger partial charge < -0.3 is 15.0 Å². The van der Waals surface area contributed by atoms with E-state index in [0.29, 0.717) is 34.3 Å². The summed E-state index contributed by atoms with van der Waals surface area (Å²) >= 11 is 12.6. The van der Waals surface area contributed by atoms with E-state index in [1.165, 1.54) is 4.90 Å². The minimum Gasteiger partial charge on any atom is -0.484 e. The molecule has 0 saturated carbocycles. The predicted octanol–water partition coefficient (Wildman–Crippen LogP) is 4.62. The number of likely N-dealkylation sites (N-methyl/N-ethyl adjacent to an activating group) is 1. The molecular weight excluding hydrogens is 411 g/mol. The van der Waals surface area contributed by atoms with Gasteiger partial charge in [-0.3, -0.25) is 9.59 Å². The lowest BCUT2D eigenvalue weighted by Crippen LogP contribution is -2.50. The Morgan fingerprint density at radius 2 is 1.76 bits per heavy atom. The van der Waals surface area contributed by atoms with Gasteiger partial charge in [0.05, 0.1) is 0 Å². The zero-order valence-corrected chi connectivity index (χ0v) is 18.4. The van der Waals surface area contributed by atoms with Crippen LogP contribution >= 0.6 is 23.2 Å². The van der Waals surface area contributed by atoms with Crippen LogP contribution in [-0.2, 0) is 16.1 Å². The van der Waals surface area contributed by atoms with E-state index in [2.05, 4.69) is 5.32 Å². The second-order valence-corrected chi connectivity index (χ2v) is 7.46. The topological polar surface area (TPSA) is 58.6 Å². The monoisotopic (exact) mass is 436 g/mol. The first kappa shape index (κ1) is 23.0. The normalized spacial score (nSPS) is 11.6. The van der Waals surface area contributed by atoms with Crippen molar-refractivity contribution < 1.29 is 14.3 Å². The number of rotatable bonds is 9. The van der Waals surface area contributed by atoms with E-state index in [9.17, 15) is 9.59 Å². The number of carbonyl (C=O) groups is 2. The Labute approximate surface area is 181 Å². The standard InChI is InChI=1S/C22H26Cl2N2O3/c1-4-20(22(28)25-5-2)26(13-17-18(23)10-7-11-19(17)24)21(27)14-29-16-9-6-8-15(3)12-16/h6-12,20H,4-5,13-14H2,1-3H3,(H,25,28)/t20-/m0/s1. The third kappa shape index (κ3) is 6.38. The first-order chi connectivity index (χ1) is 13.9. The molecule has 1 N–H and O–H groups in total. The summed E-state index contributed by atoms with van der Waals surface area (Å²) < 4.78 is 5.67. The van der Waals surface area contributed by atoms with Gasteiger partial charge in [-0.15, -0.1) is 0 Å². The van der Waals surface area contributed by atoms with E-state index in [1.807, 2.05) is 39.0 Å². The first-order valence-electron chi connectivity index (χ1n) is 9.56. The maximum Gasteiger partial charge on any atom is 0.261 e. The number of amides is 2. The van der Waals surface area contributed by atoms with Crippen molar-refractivity contribution >= 4 is 35.0 Å². The van der Waals surface area contributed by atoms with Crippen LogP contribution in [-0.4, -0.2) is 35.9 Å². The lowest BCUT2D eigenvalue weighted by Gasteiger charge is -2.31. The van der Waals surface area contributed by atoms with Gasteiger partial charge in [0, 0.05) is 28.7 Å². The first-order valence-corrected chi connectivity index (χ1v) is 10.3. The lowest BCUT2D eigenvalue weighted by atomic mass is 10.1. The molecule has 0 aliphatic heterocycles. The van der Waals surface area contributed by atoms with Crippen LogP contribution in [0.2, 0.25) is 10.0 Å². The fourth-order valence-electron chi connectivity index (χ4n) is 3.00. The minimum absolute atomic E-state index is 0.115. The number of ether oxygens (including phenoxy) is 1. The molecule has 2 rings (SSSR count).